The molecule has 0 bridgehead atoms. The van der Waals surface area contributed by atoms with E-state index in [0.29, 0.717) is 4.99 Å². The van der Waals surface area contributed by atoms with E-state index in [9.17, 15) is 0 Å². The van der Waals surface area contributed by atoms with Crippen molar-refractivity contribution in [3.63, 3.8) is 0 Å². The molecule has 0 radical (unpaired) electrons. The first-order valence-electron chi connectivity index (χ1n) is 6.07. The molecule has 1 aromatic carbocycles. The summed E-state index contributed by atoms with van der Waals surface area (Å²) in [7, 11) is 0. The number of para-hydroxylation sites is 1. The normalized spacial score (nSPS) is 11.2. The second kappa shape index (κ2) is 6.01. The first-order valence-corrected chi connectivity index (χ1v) is 6.48. The topological polar surface area (TPSA) is 29.3 Å². The summed E-state index contributed by atoms with van der Waals surface area (Å²) in [6.07, 6.45) is 0.977. The lowest BCUT2D eigenvalue weighted by atomic mass is 9.89. The second-order valence-electron chi connectivity index (χ2n) is 4.91. The van der Waals surface area contributed by atoms with Crippen LogP contribution in [0.4, 0.5) is 5.69 Å². The Kier molecular flexibility index (Phi) is 4.94. The van der Waals surface area contributed by atoms with Crippen LogP contribution in [0.25, 0.3) is 0 Å². The van der Waals surface area contributed by atoms with E-state index in [4.69, 9.17) is 18.0 Å². The smallest absolute Gasteiger partial charge is 0.0785 e. The average Bonchev–Trinajstić information content (AvgIpc) is 2.31. The summed E-state index contributed by atoms with van der Waals surface area (Å²) in [5.74, 6) is 0. The van der Waals surface area contributed by atoms with E-state index in [2.05, 4.69) is 49.9 Å². The molecule has 2 nitrogen and oxygen atoms in total. The van der Waals surface area contributed by atoms with Crippen molar-refractivity contribution >= 4 is 22.9 Å². The van der Waals surface area contributed by atoms with Crippen LogP contribution in [0.15, 0.2) is 30.3 Å². The fourth-order valence-electron chi connectivity index (χ4n) is 1.65. The van der Waals surface area contributed by atoms with Crippen LogP contribution in [0.3, 0.4) is 0 Å². The first-order chi connectivity index (χ1) is 7.97. The van der Waals surface area contributed by atoms with Crippen LogP contribution in [-0.2, 0) is 0 Å². The van der Waals surface area contributed by atoms with Crippen molar-refractivity contribution in [2.75, 3.05) is 18.0 Å². The molecule has 2 N–H and O–H groups in total. The van der Waals surface area contributed by atoms with Crippen LogP contribution in [0.2, 0.25) is 0 Å². The molecule has 94 valence electrons. The molecule has 0 aliphatic heterocycles. The third-order valence-electron chi connectivity index (χ3n) is 3.18. The van der Waals surface area contributed by atoms with Crippen molar-refractivity contribution in [2.45, 2.75) is 27.2 Å². The fraction of sp³-hybridized carbons (Fsp3) is 0.500. The van der Waals surface area contributed by atoms with Gasteiger partial charge in [0, 0.05) is 24.2 Å². The molecule has 17 heavy (non-hydrogen) atoms. The van der Waals surface area contributed by atoms with Crippen LogP contribution < -0.4 is 10.6 Å². The molecule has 0 spiro atoms. The van der Waals surface area contributed by atoms with Gasteiger partial charge >= 0.3 is 0 Å². The van der Waals surface area contributed by atoms with Gasteiger partial charge in [-0.25, -0.2) is 0 Å². The summed E-state index contributed by atoms with van der Waals surface area (Å²) >= 11 is 5.10. The molecule has 0 heterocycles. The second-order valence-corrected chi connectivity index (χ2v) is 5.35. The monoisotopic (exact) mass is 250 g/mol. The molecular formula is C14H22N2S. The Morgan fingerprint density at radius 1 is 1.29 bits per heavy atom. The Morgan fingerprint density at radius 3 is 2.35 bits per heavy atom. The number of hydrogen-bond donors (Lipinski definition) is 1. The molecule has 1 aromatic rings. The van der Waals surface area contributed by atoms with Crippen LogP contribution in [0.1, 0.15) is 27.2 Å². The van der Waals surface area contributed by atoms with E-state index in [1.807, 2.05) is 6.07 Å². The third-order valence-corrected chi connectivity index (χ3v) is 3.73. The number of hydrogen-bond acceptors (Lipinski definition) is 2. The number of nitrogens with two attached hydrogens (primary N) is 1. The molecule has 0 aliphatic carbocycles. The molecule has 0 atom stereocenters. The van der Waals surface area contributed by atoms with Gasteiger partial charge in [0.25, 0.3) is 0 Å². The van der Waals surface area contributed by atoms with Crippen molar-refractivity contribution in [3.05, 3.63) is 30.3 Å². The highest BCUT2D eigenvalue weighted by molar-refractivity contribution is 7.80. The van der Waals surface area contributed by atoms with Gasteiger partial charge in [0.2, 0.25) is 0 Å². The molecule has 0 saturated heterocycles. The van der Waals surface area contributed by atoms with Gasteiger partial charge in [-0.05, 0) is 25.5 Å². The van der Waals surface area contributed by atoms with E-state index in [1.54, 1.807) is 0 Å². The molecule has 0 unspecified atom stereocenters. The Hall–Kier alpha value is -1.09. The van der Waals surface area contributed by atoms with Gasteiger partial charge < -0.3 is 10.6 Å². The van der Waals surface area contributed by atoms with E-state index < -0.39 is 0 Å². The van der Waals surface area contributed by atoms with E-state index >= 15 is 0 Å². The molecule has 0 amide bonds. The number of rotatable bonds is 6. The predicted molar refractivity (Wildman–Crippen MR) is 79.5 cm³/mol. The number of benzene rings is 1. The lowest BCUT2D eigenvalue weighted by molar-refractivity contribution is 0.477. The van der Waals surface area contributed by atoms with Gasteiger partial charge in [0.15, 0.2) is 0 Å². The van der Waals surface area contributed by atoms with Gasteiger partial charge in [0.05, 0.1) is 4.99 Å². The zero-order valence-electron chi connectivity index (χ0n) is 10.9. The summed E-state index contributed by atoms with van der Waals surface area (Å²) in [6.45, 7) is 8.35. The predicted octanol–water partition coefficient (Wildman–Crippen LogP) is 3.22. The summed E-state index contributed by atoms with van der Waals surface area (Å²) < 4.78 is 0. The molecule has 0 saturated carbocycles. The minimum Gasteiger partial charge on any atom is -0.393 e. The minimum atomic E-state index is -0.0719. The van der Waals surface area contributed by atoms with E-state index in [-0.39, 0.29) is 5.41 Å². The Labute approximate surface area is 110 Å². The van der Waals surface area contributed by atoms with Crippen LogP contribution >= 0.6 is 12.2 Å². The van der Waals surface area contributed by atoms with Gasteiger partial charge in [0.1, 0.15) is 0 Å². The summed E-state index contributed by atoms with van der Waals surface area (Å²) in [5.41, 5.74) is 6.94. The van der Waals surface area contributed by atoms with Crippen molar-refractivity contribution in [1.29, 1.82) is 0 Å². The molecule has 0 aromatic heterocycles. The van der Waals surface area contributed by atoms with Crippen LogP contribution in [0, 0.1) is 5.41 Å². The summed E-state index contributed by atoms with van der Waals surface area (Å²) in [5, 5.41) is 0. The molecule has 0 fully saturated rings. The number of nitrogens with zero attached hydrogens (tertiary/aromatic N) is 1. The maximum atomic E-state index is 5.75. The minimum absolute atomic E-state index is 0.0719. The van der Waals surface area contributed by atoms with Crippen molar-refractivity contribution < 1.29 is 0 Å². The largest absolute Gasteiger partial charge is 0.393 e. The van der Waals surface area contributed by atoms with E-state index in [0.717, 1.165) is 19.5 Å². The Bertz CT molecular complexity index is 360. The third kappa shape index (κ3) is 4.00. The van der Waals surface area contributed by atoms with E-state index in [1.165, 1.54) is 5.69 Å². The van der Waals surface area contributed by atoms with Crippen molar-refractivity contribution in [2.24, 2.45) is 11.1 Å². The van der Waals surface area contributed by atoms with Crippen LogP contribution in [-0.4, -0.2) is 18.1 Å². The maximum Gasteiger partial charge on any atom is 0.0785 e. The number of thiocarbonyl (C=S) groups is 1. The maximum absolute atomic E-state index is 5.75. The highest BCUT2D eigenvalue weighted by atomic mass is 32.1. The van der Waals surface area contributed by atoms with Gasteiger partial charge in [-0.3, -0.25) is 0 Å². The van der Waals surface area contributed by atoms with Crippen molar-refractivity contribution in [3.8, 4) is 0 Å². The molecule has 3 heteroatoms. The molecule has 1 rings (SSSR count). The fourth-order valence-corrected chi connectivity index (χ4v) is 1.75. The lowest BCUT2D eigenvalue weighted by Crippen LogP contribution is -2.35. The van der Waals surface area contributed by atoms with Crippen molar-refractivity contribution in [1.82, 2.24) is 0 Å². The lowest BCUT2D eigenvalue weighted by Gasteiger charge is -2.29. The highest BCUT2D eigenvalue weighted by Gasteiger charge is 2.22. The summed E-state index contributed by atoms with van der Waals surface area (Å²) in [6, 6.07) is 10.4. The standard InChI is InChI=1S/C14H22N2S/c1-4-16(12-8-6-5-7-9-12)11-10-14(2,3)13(15)17/h5-9H,4,10-11H2,1-3H3,(H2,15,17). The SMILES string of the molecule is CCN(CCC(C)(C)C(N)=S)c1ccccc1. The molecule has 0 aliphatic rings. The Balaban J connectivity index is 2.63. The zero-order valence-corrected chi connectivity index (χ0v) is 11.8. The van der Waals surface area contributed by atoms with Gasteiger partial charge in [-0.15, -0.1) is 0 Å². The van der Waals surface area contributed by atoms with Gasteiger partial charge in [-0.2, -0.15) is 0 Å². The quantitative estimate of drug-likeness (QED) is 0.786. The molecular weight excluding hydrogens is 228 g/mol. The number of anilines is 1. The summed E-state index contributed by atoms with van der Waals surface area (Å²) in [4.78, 5) is 2.95. The Morgan fingerprint density at radius 2 is 1.88 bits per heavy atom. The average molecular weight is 250 g/mol. The highest BCUT2D eigenvalue weighted by Crippen LogP contribution is 2.23. The zero-order chi connectivity index (χ0) is 12.9. The first kappa shape index (κ1) is 14.0. The van der Waals surface area contributed by atoms with Crippen LogP contribution in [0.5, 0.6) is 0 Å². The van der Waals surface area contributed by atoms with Gasteiger partial charge in [-0.1, -0.05) is 44.3 Å².